The lowest BCUT2D eigenvalue weighted by Gasteiger charge is -2.61. The zero-order chi connectivity index (χ0) is 23.8. The van der Waals surface area contributed by atoms with E-state index in [9.17, 15) is 4.79 Å². The van der Waals surface area contributed by atoms with E-state index in [1.807, 2.05) is 0 Å². The number of thioether (sulfide) groups is 1. The van der Waals surface area contributed by atoms with E-state index in [1.54, 1.807) is 11.8 Å². The molecule has 4 saturated carbocycles. The molecule has 34 heavy (non-hydrogen) atoms. The maximum atomic E-state index is 13.4. The van der Waals surface area contributed by atoms with E-state index in [1.165, 1.54) is 57.8 Å². The van der Waals surface area contributed by atoms with Gasteiger partial charge in [0, 0.05) is 12.0 Å². The van der Waals surface area contributed by atoms with Crippen molar-refractivity contribution in [1.82, 2.24) is 10.2 Å². The summed E-state index contributed by atoms with van der Waals surface area (Å²) in [5.74, 6) is 4.12. The van der Waals surface area contributed by atoms with E-state index in [4.69, 9.17) is 4.74 Å². The third-order valence-corrected chi connectivity index (χ3v) is 12.6. The van der Waals surface area contributed by atoms with Crippen LogP contribution in [0.3, 0.4) is 0 Å². The lowest BCUT2D eigenvalue weighted by atomic mass is 9.44. The fourth-order valence-electron chi connectivity index (χ4n) is 9.90. The minimum absolute atomic E-state index is 0.181. The number of carbonyl (C=O) groups is 1. The molecule has 6 heteroatoms. The summed E-state index contributed by atoms with van der Waals surface area (Å²) in [4.78, 5) is 19.9. The highest BCUT2D eigenvalue weighted by atomic mass is 32.2. The molecular formula is C28H45N3O2S. The van der Waals surface area contributed by atoms with Gasteiger partial charge in [-0.25, -0.2) is 0 Å². The van der Waals surface area contributed by atoms with Gasteiger partial charge in [0.15, 0.2) is 5.17 Å². The van der Waals surface area contributed by atoms with Crippen LogP contribution in [0.4, 0.5) is 0 Å². The van der Waals surface area contributed by atoms with Crippen LogP contribution in [0.2, 0.25) is 0 Å². The van der Waals surface area contributed by atoms with E-state index >= 15 is 0 Å². The predicted molar refractivity (Wildman–Crippen MR) is 139 cm³/mol. The van der Waals surface area contributed by atoms with Crippen molar-refractivity contribution in [2.24, 2.45) is 39.5 Å². The Morgan fingerprint density at radius 2 is 1.88 bits per heavy atom. The van der Waals surface area contributed by atoms with Crippen molar-refractivity contribution in [2.75, 3.05) is 25.4 Å². The highest BCUT2D eigenvalue weighted by molar-refractivity contribution is 8.14. The molecule has 0 bridgehead atoms. The summed E-state index contributed by atoms with van der Waals surface area (Å²) >= 11 is 1.55. The second-order valence-electron chi connectivity index (χ2n) is 13.3. The molecule has 5 fully saturated rings. The van der Waals surface area contributed by atoms with Crippen LogP contribution in [0.25, 0.3) is 0 Å². The minimum Gasteiger partial charge on any atom is -0.363 e. The molecule has 1 saturated heterocycles. The number of rotatable bonds is 2. The normalized spacial score (nSPS) is 47.1. The molecule has 0 radical (unpaired) electrons. The van der Waals surface area contributed by atoms with Crippen LogP contribution >= 0.6 is 11.8 Å². The third kappa shape index (κ3) is 3.36. The fraction of sp³-hybridized carbons (Fsp3) is 0.929. The van der Waals surface area contributed by atoms with Gasteiger partial charge >= 0.3 is 0 Å². The van der Waals surface area contributed by atoms with Crippen LogP contribution < -0.4 is 5.32 Å². The molecule has 6 aliphatic rings. The van der Waals surface area contributed by atoms with Crippen LogP contribution in [-0.4, -0.2) is 52.7 Å². The Kier molecular flexibility index (Phi) is 5.65. The molecule has 4 aliphatic carbocycles. The van der Waals surface area contributed by atoms with Crippen molar-refractivity contribution in [1.29, 1.82) is 0 Å². The van der Waals surface area contributed by atoms with Gasteiger partial charge in [-0.15, -0.1) is 0 Å². The zero-order valence-corrected chi connectivity index (χ0v) is 22.6. The molecule has 2 aliphatic heterocycles. The molecule has 5 nitrogen and oxygen atoms in total. The Labute approximate surface area is 210 Å². The van der Waals surface area contributed by atoms with Gasteiger partial charge in [0.1, 0.15) is 5.72 Å². The van der Waals surface area contributed by atoms with Crippen molar-refractivity contribution in [2.45, 2.75) is 103 Å². The Morgan fingerprint density at radius 1 is 1.06 bits per heavy atom. The number of aliphatic imine (C=N–C) groups is 1. The summed E-state index contributed by atoms with van der Waals surface area (Å²) in [7, 11) is 0. The second-order valence-corrected chi connectivity index (χ2v) is 14.3. The second kappa shape index (κ2) is 8.13. The van der Waals surface area contributed by atoms with Crippen molar-refractivity contribution in [3.8, 4) is 0 Å². The van der Waals surface area contributed by atoms with Gasteiger partial charge in [-0.05, 0) is 94.3 Å². The van der Waals surface area contributed by atoms with Crippen molar-refractivity contribution < 1.29 is 9.53 Å². The Hall–Kier alpha value is -0.750. The number of fused-ring (bicyclic) bond motifs is 6. The largest absolute Gasteiger partial charge is 0.363 e. The lowest BCUT2D eigenvalue weighted by Crippen LogP contribution is -2.57. The highest BCUT2D eigenvalue weighted by Gasteiger charge is 2.69. The number of nitrogens with one attached hydrogen (secondary N) is 1. The quantitative estimate of drug-likeness (QED) is 0.563. The van der Waals surface area contributed by atoms with Gasteiger partial charge in [0.05, 0.1) is 24.4 Å². The lowest BCUT2D eigenvalue weighted by molar-refractivity contribution is -0.188. The molecule has 0 aromatic carbocycles. The Bertz CT molecular complexity index is 876. The van der Waals surface area contributed by atoms with E-state index in [0.29, 0.717) is 11.2 Å². The first kappa shape index (κ1) is 23.6. The maximum absolute atomic E-state index is 13.4. The molecule has 0 unspecified atom stereocenters. The van der Waals surface area contributed by atoms with Crippen molar-refractivity contribution in [3.05, 3.63) is 0 Å². The molecule has 2 heterocycles. The Balaban J connectivity index is 1.21. The van der Waals surface area contributed by atoms with Crippen LogP contribution in [0.1, 0.15) is 91.9 Å². The number of nitrogens with zero attached hydrogens (tertiary/aromatic N) is 2. The standard InChI is InChI=1S/C28H45N3O2S/c1-25(2)31(23(32)17-34-24-29-15-16-30-24)18-28(33-25)14-11-22-20-9-8-19-7-5-6-12-26(19,3)21(20)10-13-27(22,28)4/h19-22H,5-18H2,1-4H3,(H,29,30)/t19-,20-,21-,22-,26+,27+,28-/m1/s1. The summed E-state index contributed by atoms with van der Waals surface area (Å²) in [5, 5.41) is 4.19. The number of carbonyl (C=O) groups excluding carboxylic acids is 1. The van der Waals surface area contributed by atoms with Crippen LogP contribution in [0.15, 0.2) is 4.99 Å². The van der Waals surface area contributed by atoms with Gasteiger partial charge in [-0.3, -0.25) is 9.79 Å². The summed E-state index contributed by atoms with van der Waals surface area (Å²) in [6, 6.07) is 0. The van der Waals surface area contributed by atoms with E-state index in [0.717, 1.165) is 54.9 Å². The highest BCUT2D eigenvalue weighted by Crippen LogP contribution is 2.70. The first-order chi connectivity index (χ1) is 16.2. The van der Waals surface area contributed by atoms with E-state index in [2.05, 4.69) is 42.9 Å². The van der Waals surface area contributed by atoms with E-state index in [-0.39, 0.29) is 16.9 Å². The number of ether oxygens (including phenoxy) is 1. The van der Waals surface area contributed by atoms with Gasteiger partial charge in [-0.1, -0.05) is 38.5 Å². The number of hydrogen-bond donors (Lipinski definition) is 1. The van der Waals surface area contributed by atoms with Crippen LogP contribution in [0.5, 0.6) is 0 Å². The first-order valence-corrected chi connectivity index (χ1v) is 15.1. The summed E-state index contributed by atoms with van der Waals surface area (Å²) < 4.78 is 7.04. The first-order valence-electron chi connectivity index (χ1n) is 14.1. The Morgan fingerprint density at radius 3 is 2.68 bits per heavy atom. The smallest absolute Gasteiger partial charge is 0.235 e. The molecule has 190 valence electrons. The SMILES string of the molecule is CC1(C)O[C@]2(CC[C@@H]3[C@@H]4CC[C@H]5CCCC[C@]5(C)[C@@H]4CC[C@@]32C)CN1C(=O)CSC1=NCCN1. The van der Waals surface area contributed by atoms with Gasteiger partial charge < -0.3 is 15.0 Å². The van der Waals surface area contributed by atoms with Gasteiger partial charge in [0.2, 0.25) is 5.91 Å². The molecule has 7 atom stereocenters. The predicted octanol–water partition coefficient (Wildman–Crippen LogP) is 5.45. The van der Waals surface area contributed by atoms with Crippen molar-refractivity contribution >= 4 is 22.8 Å². The summed E-state index contributed by atoms with van der Waals surface area (Å²) in [6.07, 6.45) is 13.7. The molecule has 6 rings (SSSR count). The van der Waals surface area contributed by atoms with Crippen molar-refractivity contribution in [3.63, 3.8) is 0 Å². The third-order valence-electron chi connectivity index (χ3n) is 11.7. The minimum atomic E-state index is -0.537. The average molecular weight is 488 g/mol. The van der Waals surface area contributed by atoms with Crippen LogP contribution in [0, 0.1) is 34.5 Å². The number of amides is 1. The van der Waals surface area contributed by atoms with Crippen LogP contribution in [-0.2, 0) is 9.53 Å². The van der Waals surface area contributed by atoms with E-state index < -0.39 is 5.72 Å². The molecule has 1 N–H and O–H groups in total. The number of amidine groups is 1. The van der Waals surface area contributed by atoms with Gasteiger partial charge in [-0.2, -0.15) is 0 Å². The molecule has 1 spiro atoms. The maximum Gasteiger partial charge on any atom is 0.235 e. The monoisotopic (exact) mass is 487 g/mol. The fourth-order valence-corrected chi connectivity index (χ4v) is 10.7. The molecule has 0 aromatic rings. The summed E-state index contributed by atoms with van der Waals surface area (Å²) in [5.41, 5.74) is 0.0388. The summed E-state index contributed by atoms with van der Waals surface area (Å²) in [6.45, 7) is 11.9. The molecule has 0 aromatic heterocycles. The zero-order valence-electron chi connectivity index (χ0n) is 21.8. The van der Waals surface area contributed by atoms with Gasteiger partial charge in [0.25, 0.3) is 0 Å². The number of hydrogen-bond acceptors (Lipinski definition) is 5. The topological polar surface area (TPSA) is 53.9 Å². The molecule has 1 amide bonds. The average Bonchev–Trinajstić information content (AvgIpc) is 3.49. The molecular weight excluding hydrogens is 442 g/mol.